The van der Waals surface area contributed by atoms with Crippen LogP contribution >= 0.6 is 0 Å². The minimum atomic E-state index is 0.407. The summed E-state index contributed by atoms with van der Waals surface area (Å²) in [5.41, 5.74) is 5.79. The molecule has 0 aliphatic heterocycles. The fraction of sp³-hybridized carbons (Fsp3) is 1.00. The molecule has 1 saturated carbocycles. The Hall–Kier alpha value is -0.0800. The Morgan fingerprint density at radius 2 is 2.33 bits per heavy atom. The number of hydrogen-bond donors (Lipinski definition) is 1. The Morgan fingerprint density at radius 1 is 1.56 bits per heavy atom. The van der Waals surface area contributed by atoms with E-state index in [4.69, 9.17) is 10.5 Å². The van der Waals surface area contributed by atoms with E-state index < -0.39 is 0 Å². The van der Waals surface area contributed by atoms with Gasteiger partial charge in [-0.15, -0.1) is 0 Å². The molecule has 0 amide bonds. The van der Waals surface area contributed by atoms with Gasteiger partial charge in [0.1, 0.15) is 0 Å². The highest BCUT2D eigenvalue weighted by molar-refractivity contribution is 4.79. The Bertz CT molecular complexity index is 85.0. The van der Waals surface area contributed by atoms with E-state index in [9.17, 15) is 0 Å². The zero-order chi connectivity index (χ0) is 6.69. The summed E-state index contributed by atoms with van der Waals surface area (Å²) in [6.45, 7) is 0.848. The second kappa shape index (κ2) is 3.18. The molecule has 2 N–H and O–H groups in total. The molecule has 1 fully saturated rings. The molecule has 1 aliphatic rings. The Balaban J connectivity index is 2.22. The third kappa shape index (κ3) is 1.66. The van der Waals surface area contributed by atoms with Gasteiger partial charge in [-0.05, 0) is 18.8 Å². The molecule has 0 saturated heterocycles. The fourth-order valence-corrected chi connectivity index (χ4v) is 1.49. The second-order valence-corrected chi connectivity index (χ2v) is 2.81. The molecule has 2 unspecified atom stereocenters. The molecule has 0 heterocycles. The van der Waals surface area contributed by atoms with Gasteiger partial charge in [-0.1, -0.05) is 6.42 Å². The minimum Gasteiger partial charge on any atom is -0.384 e. The molecule has 54 valence electrons. The summed E-state index contributed by atoms with van der Waals surface area (Å²) in [7, 11) is 1.74. The predicted octanol–water partition coefficient (Wildman–Crippen LogP) is 0.760. The van der Waals surface area contributed by atoms with Crippen molar-refractivity contribution < 1.29 is 4.74 Å². The molecule has 1 rings (SSSR count). The molecule has 9 heavy (non-hydrogen) atoms. The van der Waals surface area contributed by atoms with Gasteiger partial charge in [-0.2, -0.15) is 0 Å². The largest absolute Gasteiger partial charge is 0.384 e. The van der Waals surface area contributed by atoms with Crippen molar-refractivity contribution in [1.82, 2.24) is 0 Å². The van der Waals surface area contributed by atoms with Crippen LogP contribution in [0.1, 0.15) is 19.3 Å². The van der Waals surface area contributed by atoms with Gasteiger partial charge in [0, 0.05) is 13.2 Å². The van der Waals surface area contributed by atoms with Crippen LogP contribution in [0.2, 0.25) is 0 Å². The lowest BCUT2D eigenvalue weighted by Gasteiger charge is -2.12. The third-order valence-corrected chi connectivity index (χ3v) is 2.10. The average Bonchev–Trinajstić information content (AvgIpc) is 2.18. The summed E-state index contributed by atoms with van der Waals surface area (Å²) < 4.78 is 5.02. The van der Waals surface area contributed by atoms with Gasteiger partial charge in [0.2, 0.25) is 0 Å². The number of ether oxygens (including phenoxy) is 1. The van der Waals surface area contributed by atoms with Gasteiger partial charge in [-0.25, -0.2) is 0 Å². The molecule has 1 aliphatic carbocycles. The molecule has 2 heteroatoms. The van der Waals surface area contributed by atoms with E-state index in [0.29, 0.717) is 12.0 Å². The molecule has 0 radical (unpaired) electrons. The van der Waals surface area contributed by atoms with Gasteiger partial charge in [0.15, 0.2) is 0 Å². The molecule has 0 aromatic heterocycles. The molecule has 0 spiro atoms. The first kappa shape index (κ1) is 7.03. The lowest BCUT2D eigenvalue weighted by atomic mass is 10.1. The van der Waals surface area contributed by atoms with Gasteiger partial charge in [0.25, 0.3) is 0 Å². The maximum Gasteiger partial charge on any atom is 0.0505 e. The molecular formula is C7H15NO. The predicted molar refractivity (Wildman–Crippen MR) is 37.2 cm³/mol. The highest BCUT2D eigenvalue weighted by Crippen LogP contribution is 2.23. The van der Waals surface area contributed by atoms with Crippen molar-refractivity contribution in [2.75, 3.05) is 13.7 Å². The van der Waals surface area contributed by atoms with Crippen LogP contribution in [-0.2, 0) is 4.74 Å². The van der Waals surface area contributed by atoms with E-state index in [-0.39, 0.29) is 0 Å². The molecule has 0 aromatic carbocycles. The zero-order valence-electron chi connectivity index (χ0n) is 5.97. The van der Waals surface area contributed by atoms with E-state index in [2.05, 4.69) is 0 Å². The first-order valence-electron chi connectivity index (χ1n) is 3.59. The smallest absolute Gasteiger partial charge is 0.0505 e. The van der Waals surface area contributed by atoms with Gasteiger partial charge < -0.3 is 10.5 Å². The quantitative estimate of drug-likeness (QED) is 0.597. The lowest BCUT2D eigenvalue weighted by molar-refractivity contribution is 0.148. The van der Waals surface area contributed by atoms with Crippen LogP contribution in [0.4, 0.5) is 0 Å². The molecule has 0 bridgehead atoms. The first-order chi connectivity index (χ1) is 4.34. The van der Waals surface area contributed by atoms with E-state index in [0.717, 1.165) is 6.61 Å². The van der Waals surface area contributed by atoms with Crippen molar-refractivity contribution in [2.45, 2.75) is 25.3 Å². The molecule has 0 aromatic rings. The van der Waals surface area contributed by atoms with Crippen LogP contribution in [0.25, 0.3) is 0 Å². The lowest BCUT2D eigenvalue weighted by Crippen LogP contribution is -2.27. The second-order valence-electron chi connectivity index (χ2n) is 2.81. The van der Waals surface area contributed by atoms with Crippen LogP contribution in [0.15, 0.2) is 0 Å². The fourth-order valence-electron chi connectivity index (χ4n) is 1.49. The maximum atomic E-state index is 5.79. The topological polar surface area (TPSA) is 35.2 Å². The number of methoxy groups -OCH3 is 1. The minimum absolute atomic E-state index is 0.407. The normalized spacial score (nSPS) is 35.3. The highest BCUT2D eigenvalue weighted by Gasteiger charge is 2.22. The number of hydrogen-bond acceptors (Lipinski definition) is 2. The summed E-state index contributed by atoms with van der Waals surface area (Å²) in [6, 6.07) is 0.407. The maximum absolute atomic E-state index is 5.79. The van der Waals surface area contributed by atoms with Crippen LogP contribution in [-0.4, -0.2) is 19.8 Å². The third-order valence-electron chi connectivity index (χ3n) is 2.10. The number of rotatable bonds is 2. The van der Waals surface area contributed by atoms with Crippen molar-refractivity contribution >= 4 is 0 Å². The zero-order valence-corrected chi connectivity index (χ0v) is 5.97. The van der Waals surface area contributed by atoms with E-state index in [1.165, 1.54) is 19.3 Å². The van der Waals surface area contributed by atoms with Crippen LogP contribution in [0, 0.1) is 5.92 Å². The summed E-state index contributed by atoms with van der Waals surface area (Å²) in [4.78, 5) is 0. The van der Waals surface area contributed by atoms with E-state index >= 15 is 0 Å². The molecule has 2 nitrogen and oxygen atoms in total. The summed E-state index contributed by atoms with van der Waals surface area (Å²) in [6.07, 6.45) is 3.73. The standard InChI is InChI=1S/C7H15NO/c1-9-5-6-3-2-4-7(6)8/h6-7H,2-5,8H2,1H3. The van der Waals surface area contributed by atoms with E-state index in [1.54, 1.807) is 7.11 Å². The Labute approximate surface area is 56.4 Å². The van der Waals surface area contributed by atoms with Crippen molar-refractivity contribution in [3.05, 3.63) is 0 Å². The van der Waals surface area contributed by atoms with Gasteiger partial charge >= 0.3 is 0 Å². The monoisotopic (exact) mass is 129 g/mol. The van der Waals surface area contributed by atoms with Crippen molar-refractivity contribution in [3.63, 3.8) is 0 Å². The van der Waals surface area contributed by atoms with Crippen molar-refractivity contribution in [2.24, 2.45) is 11.7 Å². The van der Waals surface area contributed by atoms with Crippen molar-refractivity contribution in [3.8, 4) is 0 Å². The van der Waals surface area contributed by atoms with Crippen LogP contribution in [0.5, 0.6) is 0 Å². The number of nitrogens with two attached hydrogens (primary N) is 1. The Morgan fingerprint density at radius 3 is 2.78 bits per heavy atom. The molecular weight excluding hydrogens is 114 g/mol. The van der Waals surface area contributed by atoms with Crippen LogP contribution in [0.3, 0.4) is 0 Å². The molecule has 2 atom stereocenters. The Kier molecular flexibility index (Phi) is 2.49. The first-order valence-corrected chi connectivity index (χ1v) is 3.59. The van der Waals surface area contributed by atoms with Gasteiger partial charge in [-0.3, -0.25) is 0 Å². The van der Waals surface area contributed by atoms with Crippen molar-refractivity contribution in [1.29, 1.82) is 0 Å². The summed E-state index contributed by atoms with van der Waals surface area (Å²) in [5.74, 6) is 0.634. The van der Waals surface area contributed by atoms with Crippen LogP contribution < -0.4 is 5.73 Å². The summed E-state index contributed by atoms with van der Waals surface area (Å²) in [5, 5.41) is 0. The SMILES string of the molecule is COCC1CCCC1N. The average molecular weight is 129 g/mol. The highest BCUT2D eigenvalue weighted by atomic mass is 16.5. The van der Waals surface area contributed by atoms with E-state index in [1.807, 2.05) is 0 Å². The summed E-state index contributed by atoms with van der Waals surface area (Å²) >= 11 is 0. The van der Waals surface area contributed by atoms with Gasteiger partial charge in [0.05, 0.1) is 6.61 Å².